The van der Waals surface area contributed by atoms with Gasteiger partial charge in [-0.05, 0) is 37.1 Å². The minimum atomic E-state index is -0.797. The number of furan rings is 1. The molecule has 1 aromatic carbocycles. The van der Waals surface area contributed by atoms with Crippen molar-refractivity contribution in [1.29, 1.82) is 0 Å². The Morgan fingerprint density at radius 1 is 1.12 bits per heavy atom. The zero-order valence-corrected chi connectivity index (χ0v) is 18.5. The number of benzene rings is 1. The van der Waals surface area contributed by atoms with Crippen molar-refractivity contribution in [2.75, 3.05) is 0 Å². The number of urea groups is 1. The van der Waals surface area contributed by atoms with Crippen LogP contribution in [0.25, 0.3) is 17.0 Å². The van der Waals surface area contributed by atoms with Gasteiger partial charge in [0, 0.05) is 28.7 Å². The lowest BCUT2D eigenvalue weighted by Crippen LogP contribution is -2.53. The number of carbonyl (C=O) groups excluding carboxylic acids is 4. The number of nitrogens with zero attached hydrogens (tertiary/aromatic N) is 2. The summed E-state index contributed by atoms with van der Waals surface area (Å²) in [5, 5.41) is 6.09. The van der Waals surface area contributed by atoms with Gasteiger partial charge in [-0.25, -0.2) is 4.79 Å². The van der Waals surface area contributed by atoms with E-state index in [1.165, 1.54) is 12.3 Å². The first-order valence-electron chi connectivity index (χ1n) is 11.3. The van der Waals surface area contributed by atoms with E-state index >= 15 is 0 Å². The molecular formula is C25H24N4O5. The van der Waals surface area contributed by atoms with E-state index in [9.17, 15) is 19.2 Å². The zero-order chi connectivity index (χ0) is 23.7. The van der Waals surface area contributed by atoms with Crippen molar-refractivity contribution < 1.29 is 23.6 Å². The summed E-state index contributed by atoms with van der Waals surface area (Å²) in [5.41, 5.74) is 1.25. The number of hydrogen-bond acceptors (Lipinski definition) is 5. The molecule has 0 radical (unpaired) electrons. The van der Waals surface area contributed by atoms with Crippen molar-refractivity contribution in [2.24, 2.45) is 0 Å². The van der Waals surface area contributed by atoms with E-state index in [0.717, 1.165) is 41.5 Å². The summed E-state index contributed by atoms with van der Waals surface area (Å²) in [6.45, 7) is 0.0365. The lowest BCUT2D eigenvalue weighted by molar-refractivity contribution is -0.130. The Balaban J connectivity index is 1.44. The molecule has 2 fully saturated rings. The number of imide groups is 2. The molecule has 1 aliphatic heterocycles. The van der Waals surface area contributed by atoms with Crippen molar-refractivity contribution in [3.63, 3.8) is 0 Å². The minimum Gasteiger partial charge on any atom is -0.467 e. The van der Waals surface area contributed by atoms with E-state index in [1.807, 2.05) is 28.8 Å². The molecular weight excluding hydrogens is 436 g/mol. The summed E-state index contributed by atoms with van der Waals surface area (Å²) in [5.74, 6) is -1.13. The van der Waals surface area contributed by atoms with Crippen LogP contribution in [-0.4, -0.2) is 39.3 Å². The second-order valence-corrected chi connectivity index (χ2v) is 8.57. The molecule has 1 saturated heterocycles. The van der Waals surface area contributed by atoms with Gasteiger partial charge in [0.1, 0.15) is 17.9 Å². The van der Waals surface area contributed by atoms with E-state index < -0.39 is 17.8 Å². The third-order valence-corrected chi connectivity index (χ3v) is 6.23. The van der Waals surface area contributed by atoms with Gasteiger partial charge in [-0.3, -0.25) is 24.6 Å². The maximum Gasteiger partial charge on any atom is 0.331 e. The Bertz CT molecular complexity index is 1300. The first kappa shape index (κ1) is 21.7. The molecule has 2 aliphatic rings. The Kier molecular flexibility index (Phi) is 5.75. The van der Waals surface area contributed by atoms with E-state index in [2.05, 4.69) is 10.6 Å². The third-order valence-electron chi connectivity index (χ3n) is 6.23. The normalized spacial score (nSPS) is 18.2. The summed E-state index contributed by atoms with van der Waals surface area (Å²) in [7, 11) is 0. The van der Waals surface area contributed by atoms with Crippen LogP contribution in [0.15, 0.2) is 58.8 Å². The SMILES string of the molecule is O=C(Cn1cc(/C=C2\C(=O)NC(=O)N(Cc3ccco3)C2=O)c2ccccc21)NC1CCCC1. The van der Waals surface area contributed by atoms with Gasteiger partial charge < -0.3 is 14.3 Å². The molecule has 3 heterocycles. The average Bonchev–Trinajstić information content (AvgIpc) is 3.57. The third kappa shape index (κ3) is 4.24. The Morgan fingerprint density at radius 3 is 2.68 bits per heavy atom. The second-order valence-electron chi connectivity index (χ2n) is 8.57. The minimum absolute atomic E-state index is 0.0754. The van der Waals surface area contributed by atoms with Crippen LogP contribution in [0.2, 0.25) is 0 Å². The maximum absolute atomic E-state index is 13.1. The maximum atomic E-state index is 13.1. The highest BCUT2D eigenvalue weighted by molar-refractivity contribution is 6.31. The Hall–Kier alpha value is -4.14. The first-order valence-corrected chi connectivity index (χ1v) is 11.3. The van der Waals surface area contributed by atoms with Crippen molar-refractivity contribution >= 4 is 40.7 Å². The first-order chi connectivity index (χ1) is 16.5. The fourth-order valence-electron chi connectivity index (χ4n) is 4.57. The zero-order valence-electron chi connectivity index (χ0n) is 18.5. The molecule has 3 aromatic rings. The molecule has 0 unspecified atom stereocenters. The monoisotopic (exact) mass is 460 g/mol. The quantitative estimate of drug-likeness (QED) is 0.434. The summed E-state index contributed by atoms with van der Waals surface area (Å²) in [6, 6.07) is 10.2. The van der Waals surface area contributed by atoms with Crippen LogP contribution in [0.4, 0.5) is 4.79 Å². The van der Waals surface area contributed by atoms with Crippen LogP contribution in [-0.2, 0) is 27.5 Å². The van der Waals surface area contributed by atoms with Crippen LogP contribution in [0.1, 0.15) is 37.0 Å². The topological polar surface area (TPSA) is 114 Å². The summed E-state index contributed by atoms with van der Waals surface area (Å²) >= 11 is 0. The van der Waals surface area contributed by atoms with E-state index in [-0.39, 0.29) is 30.6 Å². The Morgan fingerprint density at radius 2 is 1.91 bits per heavy atom. The largest absolute Gasteiger partial charge is 0.467 e. The van der Waals surface area contributed by atoms with Crippen LogP contribution >= 0.6 is 0 Å². The van der Waals surface area contributed by atoms with Crippen LogP contribution in [0.3, 0.4) is 0 Å². The number of nitrogens with one attached hydrogen (secondary N) is 2. The second kappa shape index (κ2) is 9.01. The van der Waals surface area contributed by atoms with E-state index in [4.69, 9.17) is 4.42 Å². The number of para-hydroxylation sites is 1. The molecule has 1 saturated carbocycles. The van der Waals surface area contributed by atoms with Gasteiger partial charge in [0.25, 0.3) is 11.8 Å². The number of aromatic nitrogens is 1. The summed E-state index contributed by atoms with van der Waals surface area (Å²) < 4.78 is 7.05. The highest BCUT2D eigenvalue weighted by Crippen LogP contribution is 2.26. The lowest BCUT2D eigenvalue weighted by Gasteiger charge is -2.25. The molecule has 0 atom stereocenters. The van der Waals surface area contributed by atoms with Crippen molar-refractivity contribution in [1.82, 2.24) is 20.1 Å². The predicted molar refractivity (Wildman–Crippen MR) is 123 cm³/mol. The standard InChI is InChI=1S/C25H24N4O5/c30-22(26-17-6-1-2-7-17)15-28-13-16(19-9-3-4-10-21(19)28)12-20-23(31)27-25(33)29(24(20)32)14-18-8-5-11-34-18/h3-5,8-13,17H,1-2,6-7,14-15H2,(H,26,30)(H,27,31,33)/b20-12+. The lowest BCUT2D eigenvalue weighted by atomic mass is 10.1. The molecule has 0 spiro atoms. The van der Waals surface area contributed by atoms with Crippen LogP contribution in [0.5, 0.6) is 0 Å². The summed E-state index contributed by atoms with van der Waals surface area (Å²) in [6.07, 6.45) is 8.92. The highest BCUT2D eigenvalue weighted by atomic mass is 16.3. The molecule has 9 nitrogen and oxygen atoms in total. The molecule has 2 N–H and O–H groups in total. The van der Waals surface area contributed by atoms with Gasteiger partial charge in [-0.1, -0.05) is 31.0 Å². The molecule has 34 heavy (non-hydrogen) atoms. The fraction of sp³-hybridized carbons (Fsp3) is 0.280. The molecule has 5 rings (SSSR count). The highest BCUT2D eigenvalue weighted by Gasteiger charge is 2.36. The molecule has 9 heteroatoms. The van der Waals surface area contributed by atoms with E-state index in [1.54, 1.807) is 18.3 Å². The van der Waals surface area contributed by atoms with Gasteiger partial charge in [-0.15, -0.1) is 0 Å². The Labute approximate surface area is 195 Å². The number of rotatable bonds is 6. The number of amides is 5. The molecule has 5 amide bonds. The van der Waals surface area contributed by atoms with Gasteiger partial charge in [0.2, 0.25) is 5.91 Å². The smallest absolute Gasteiger partial charge is 0.331 e. The fourth-order valence-corrected chi connectivity index (χ4v) is 4.57. The van der Waals surface area contributed by atoms with Crippen LogP contribution < -0.4 is 10.6 Å². The number of barbiturate groups is 1. The number of hydrogen-bond donors (Lipinski definition) is 2. The van der Waals surface area contributed by atoms with E-state index in [0.29, 0.717) is 11.3 Å². The van der Waals surface area contributed by atoms with Crippen LogP contribution in [0, 0.1) is 0 Å². The number of carbonyl (C=O) groups is 4. The van der Waals surface area contributed by atoms with Crippen molar-refractivity contribution in [3.8, 4) is 0 Å². The molecule has 174 valence electrons. The molecule has 1 aliphatic carbocycles. The van der Waals surface area contributed by atoms with Gasteiger partial charge >= 0.3 is 6.03 Å². The summed E-state index contributed by atoms with van der Waals surface area (Å²) in [4.78, 5) is 51.4. The van der Waals surface area contributed by atoms with Crippen molar-refractivity contribution in [3.05, 3.63) is 65.8 Å². The predicted octanol–water partition coefficient (Wildman–Crippen LogP) is 2.96. The molecule has 0 bridgehead atoms. The number of fused-ring (bicyclic) bond motifs is 1. The average molecular weight is 460 g/mol. The van der Waals surface area contributed by atoms with Gasteiger partial charge in [-0.2, -0.15) is 0 Å². The molecule has 2 aromatic heterocycles. The van der Waals surface area contributed by atoms with Gasteiger partial charge in [0.05, 0.1) is 12.8 Å². The van der Waals surface area contributed by atoms with Crippen molar-refractivity contribution in [2.45, 2.75) is 44.8 Å². The van der Waals surface area contributed by atoms with Gasteiger partial charge in [0.15, 0.2) is 0 Å².